The number of halogens is 2. The van der Waals surface area contributed by atoms with Crippen LogP contribution in [0, 0.1) is 0 Å². The van der Waals surface area contributed by atoms with Gasteiger partial charge in [0.2, 0.25) is 11.9 Å². The van der Waals surface area contributed by atoms with Crippen molar-refractivity contribution in [2.75, 3.05) is 50.2 Å². The van der Waals surface area contributed by atoms with Crippen molar-refractivity contribution in [3.63, 3.8) is 0 Å². The average molecular weight is 417 g/mol. The molecule has 8 nitrogen and oxygen atoms in total. The Labute approximate surface area is 165 Å². The molecule has 1 aliphatic rings. The molecule has 3 heterocycles. The Morgan fingerprint density at radius 3 is 2.65 bits per heavy atom. The van der Waals surface area contributed by atoms with Crippen molar-refractivity contribution in [1.29, 1.82) is 0 Å². The molecule has 11 heteroatoms. The third-order valence-corrected chi connectivity index (χ3v) is 5.15. The quantitative estimate of drug-likeness (QED) is 0.798. The number of morpholine rings is 1. The van der Waals surface area contributed by atoms with Gasteiger partial charge in [-0.3, -0.25) is 4.79 Å². The molecule has 3 rings (SSSR count). The van der Waals surface area contributed by atoms with Gasteiger partial charge in [-0.2, -0.15) is 15.0 Å². The zero-order valence-corrected chi connectivity index (χ0v) is 16.7. The first-order valence-electron chi connectivity index (χ1n) is 7.92. The van der Waals surface area contributed by atoms with Gasteiger partial charge < -0.3 is 19.9 Å². The fourth-order valence-electron chi connectivity index (χ4n) is 2.33. The number of thiophene rings is 1. The van der Waals surface area contributed by atoms with Gasteiger partial charge in [-0.25, -0.2) is 0 Å². The van der Waals surface area contributed by atoms with Crippen LogP contribution in [0.25, 0.3) is 0 Å². The number of hydrogen-bond donors (Lipinski definition) is 1. The van der Waals surface area contributed by atoms with Gasteiger partial charge in [0.15, 0.2) is 5.82 Å². The molecule has 0 atom stereocenters. The van der Waals surface area contributed by atoms with Crippen molar-refractivity contribution >= 4 is 52.3 Å². The van der Waals surface area contributed by atoms with Crippen LogP contribution in [0.1, 0.15) is 16.2 Å². The summed E-state index contributed by atoms with van der Waals surface area (Å²) in [7, 11) is 3.71. The van der Waals surface area contributed by atoms with E-state index in [1.165, 1.54) is 0 Å². The predicted molar refractivity (Wildman–Crippen MR) is 103 cm³/mol. The van der Waals surface area contributed by atoms with Crippen LogP contribution in [-0.4, -0.2) is 61.3 Å². The van der Waals surface area contributed by atoms with Gasteiger partial charge in [0.25, 0.3) is 5.91 Å². The van der Waals surface area contributed by atoms with Crippen LogP contribution < -0.4 is 15.1 Å². The lowest BCUT2D eigenvalue weighted by molar-refractivity contribution is 0.0950. The molecule has 0 unspecified atom stereocenters. The fraction of sp³-hybridized carbons (Fsp3) is 0.467. The topological polar surface area (TPSA) is 83.5 Å². The first kappa shape index (κ1) is 19.1. The molecule has 2 aromatic heterocycles. The number of ether oxygens (including phenoxy) is 1. The van der Waals surface area contributed by atoms with Crippen LogP contribution in [0.5, 0.6) is 0 Å². The molecule has 1 fully saturated rings. The number of rotatable bonds is 5. The van der Waals surface area contributed by atoms with E-state index < -0.39 is 0 Å². The van der Waals surface area contributed by atoms with Gasteiger partial charge >= 0.3 is 0 Å². The lowest BCUT2D eigenvalue weighted by Gasteiger charge is -2.27. The van der Waals surface area contributed by atoms with Gasteiger partial charge in [-0.1, -0.05) is 23.2 Å². The van der Waals surface area contributed by atoms with E-state index in [-0.39, 0.29) is 12.5 Å². The Morgan fingerprint density at radius 1 is 1.31 bits per heavy atom. The number of hydrogen-bond acceptors (Lipinski definition) is 8. The van der Waals surface area contributed by atoms with Crippen molar-refractivity contribution in [3.05, 3.63) is 26.1 Å². The van der Waals surface area contributed by atoms with Gasteiger partial charge in [0, 0.05) is 27.2 Å². The number of nitrogens with one attached hydrogen (secondary N) is 1. The van der Waals surface area contributed by atoms with Crippen LogP contribution >= 0.6 is 34.5 Å². The van der Waals surface area contributed by atoms with Crippen molar-refractivity contribution in [1.82, 2.24) is 20.3 Å². The van der Waals surface area contributed by atoms with Crippen molar-refractivity contribution in [2.24, 2.45) is 0 Å². The summed E-state index contributed by atoms with van der Waals surface area (Å²) in [4.78, 5) is 29.5. The maximum absolute atomic E-state index is 12.3. The molecule has 0 bridgehead atoms. The lowest BCUT2D eigenvalue weighted by Crippen LogP contribution is -2.38. The number of carbonyl (C=O) groups is 1. The van der Waals surface area contributed by atoms with Crippen LogP contribution in [0.3, 0.4) is 0 Å². The minimum Gasteiger partial charge on any atom is -0.378 e. The Morgan fingerprint density at radius 2 is 2.04 bits per heavy atom. The summed E-state index contributed by atoms with van der Waals surface area (Å²) in [6.07, 6.45) is 0. The SMILES string of the molecule is CN(C)c1nc(CNC(=O)c2cc(Cl)sc2Cl)nc(N2CCOCC2)n1. The highest BCUT2D eigenvalue weighted by Crippen LogP contribution is 2.31. The molecule has 0 aromatic carbocycles. The van der Waals surface area contributed by atoms with Crippen LogP contribution in [0.2, 0.25) is 8.67 Å². The number of aromatic nitrogens is 3. The second-order valence-corrected chi connectivity index (χ2v) is 8.05. The summed E-state index contributed by atoms with van der Waals surface area (Å²) >= 11 is 13.1. The van der Waals surface area contributed by atoms with E-state index in [1.54, 1.807) is 11.0 Å². The minimum atomic E-state index is -0.321. The highest BCUT2D eigenvalue weighted by atomic mass is 35.5. The fourth-order valence-corrected chi connectivity index (χ4v) is 3.79. The van der Waals surface area contributed by atoms with Crippen molar-refractivity contribution in [2.45, 2.75) is 6.54 Å². The molecule has 1 aliphatic heterocycles. The molecule has 1 saturated heterocycles. The van der Waals surface area contributed by atoms with Crippen LogP contribution in [0.15, 0.2) is 6.07 Å². The molecule has 1 N–H and O–H groups in total. The Kier molecular flexibility index (Phi) is 6.13. The molecule has 1 amide bonds. The maximum Gasteiger partial charge on any atom is 0.254 e. The van der Waals surface area contributed by atoms with Gasteiger partial charge in [-0.15, -0.1) is 11.3 Å². The first-order chi connectivity index (χ1) is 12.4. The summed E-state index contributed by atoms with van der Waals surface area (Å²) in [5, 5.41) is 2.78. The highest BCUT2D eigenvalue weighted by Gasteiger charge is 2.18. The summed E-state index contributed by atoms with van der Waals surface area (Å²) in [5.74, 6) is 1.25. The number of anilines is 2. The second kappa shape index (κ2) is 8.34. The second-order valence-electron chi connectivity index (χ2n) is 5.77. The Hall–Kier alpha value is -1.68. The molecule has 0 radical (unpaired) electrons. The molecule has 0 spiro atoms. The number of amides is 1. The average Bonchev–Trinajstić information content (AvgIpc) is 2.98. The highest BCUT2D eigenvalue weighted by molar-refractivity contribution is 7.20. The Balaban J connectivity index is 1.76. The zero-order chi connectivity index (χ0) is 18.7. The van der Waals surface area contributed by atoms with Gasteiger partial charge in [0.05, 0.1) is 29.7 Å². The number of carbonyl (C=O) groups excluding carboxylic acids is 1. The minimum absolute atomic E-state index is 0.156. The normalized spacial score (nSPS) is 14.4. The van der Waals surface area contributed by atoms with E-state index in [9.17, 15) is 4.79 Å². The van der Waals surface area contributed by atoms with E-state index in [0.717, 1.165) is 11.3 Å². The first-order valence-corrected chi connectivity index (χ1v) is 9.49. The largest absolute Gasteiger partial charge is 0.378 e. The molecular formula is C15H18Cl2N6O2S. The third kappa shape index (κ3) is 4.53. The van der Waals surface area contributed by atoms with E-state index in [1.807, 2.05) is 19.0 Å². The lowest BCUT2D eigenvalue weighted by atomic mass is 10.3. The van der Waals surface area contributed by atoms with Gasteiger partial charge in [0.1, 0.15) is 4.34 Å². The van der Waals surface area contributed by atoms with E-state index in [0.29, 0.717) is 58.3 Å². The maximum atomic E-state index is 12.3. The standard InChI is InChI=1S/C15H18Cl2N6O2S/c1-22(2)14-19-11(20-15(21-14)23-3-5-25-6-4-23)8-18-13(24)9-7-10(16)26-12(9)17/h7H,3-6,8H2,1-2H3,(H,18,24). The molecule has 26 heavy (non-hydrogen) atoms. The van der Waals surface area contributed by atoms with E-state index >= 15 is 0 Å². The Bertz CT molecular complexity index is 794. The van der Waals surface area contributed by atoms with Crippen LogP contribution in [-0.2, 0) is 11.3 Å². The van der Waals surface area contributed by atoms with E-state index in [4.69, 9.17) is 27.9 Å². The third-order valence-electron chi connectivity index (χ3n) is 3.66. The van der Waals surface area contributed by atoms with Gasteiger partial charge in [-0.05, 0) is 6.07 Å². The molecule has 140 valence electrons. The van der Waals surface area contributed by atoms with Crippen molar-refractivity contribution < 1.29 is 9.53 Å². The van der Waals surface area contributed by atoms with E-state index in [2.05, 4.69) is 20.3 Å². The van der Waals surface area contributed by atoms with Crippen molar-refractivity contribution in [3.8, 4) is 0 Å². The smallest absolute Gasteiger partial charge is 0.254 e. The number of nitrogens with zero attached hydrogens (tertiary/aromatic N) is 5. The van der Waals surface area contributed by atoms with Crippen LogP contribution in [0.4, 0.5) is 11.9 Å². The predicted octanol–water partition coefficient (Wildman–Crippen LogP) is 2.07. The summed E-state index contributed by atoms with van der Waals surface area (Å²) < 4.78 is 6.18. The zero-order valence-electron chi connectivity index (χ0n) is 14.3. The molecule has 0 saturated carbocycles. The molecule has 2 aromatic rings. The summed E-state index contributed by atoms with van der Waals surface area (Å²) in [6.45, 7) is 2.85. The molecule has 0 aliphatic carbocycles. The monoisotopic (exact) mass is 416 g/mol. The summed E-state index contributed by atoms with van der Waals surface area (Å²) in [5.41, 5.74) is 0.344. The summed E-state index contributed by atoms with van der Waals surface area (Å²) in [6, 6.07) is 1.54. The molecular weight excluding hydrogens is 399 g/mol.